The van der Waals surface area contributed by atoms with Crippen molar-refractivity contribution >= 4 is 5.97 Å². The van der Waals surface area contributed by atoms with Crippen molar-refractivity contribution < 1.29 is 20.1 Å². The second-order valence-corrected chi connectivity index (χ2v) is 5.42. The first kappa shape index (κ1) is 14.7. The van der Waals surface area contributed by atoms with Gasteiger partial charge in [-0.25, -0.2) is 0 Å². The van der Waals surface area contributed by atoms with Gasteiger partial charge in [0.1, 0.15) is 11.5 Å². The lowest BCUT2D eigenvalue weighted by atomic mass is 10.0. The Morgan fingerprint density at radius 1 is 1.35 bits per heavy atom. The van der Waals surface area contributed by atoms with Crippen molar-refractivity contribution in [2.45, 2.75) is 44.7 Å². The Morgan fingerprint density at radius 2 is 2.00 bits per heavy atom. The van der Waals surface area contributed by atoms with Gasteiger partial charge in [-0.15, -0.1) is 0 Å². The van der Waals surface area contributed by atoms with Crippen molar-refractivity contribution in [1.82, 2.24) is 4.90 Å². The zero-order chi connectivity index (χ0) is 14.7. The lowest BCUT2D eigenvalue weighted by molar-refractivity contribution is -0.139. The molecule has 0 radical (unpaired) electrons. The van der Waals surface area contributed by atoms with Gasteiger partial charge in [0.2, 0.25) is 0 Å². The van der Waals surface area contributed by atoms with E-state index in [2.05, 4.69) is 0 Å². The van der Waals surface area contributed by atoms with Crippen LogP contribution >= 0.6 is 0 Å². The number of rotatable bonds is 5. The molecule has 3 N–H and O–H groups in total. The number of nitrogens with zero attached hydrogens (tertiary/aromatic N) is 1. The molecule has 1 aromatic carbocycles. The summed E-state index contributed by atoms with van der Waals surface area (Å²) < 4.78 is 0. The fourth-order valence-corrected chi connectivity index (χ4v) is 3.03. The molecule has 0 aromatic heterocycles. The summed E-state index contributed by atoms with van der Waals surface area (Å²) >= 11 is 0. The fourth-order valence-electron chi connectivity index (χ4n) is 3.03. The Labute approximate surface area is 118 Å². The third-order valence-electron chi connectivity index (χ3n) is 4.07. The summed E-state index contributed by atoms with van der Waals surface area (Å²) in [5.74, 6) is -0.710. The lowest BCUT2D eigenvalue weighted by Gasteiger charge is -2.33. The molecule has 0 amide bonds. The first-order valence-corrected chi connectivity index (χ1v) is 6.98. The normalized spacial score (nSPS) is 17.5. The van der Waals surface area contributed by atoms with Gasteiger partial charge >= 0.3 is 5.97 Å². The average Bonchev–Trinajstić information content (AvgIpc) is 2.91. The molecule has 5 nitrogen and oxygen atoms in total. The van der Waals surface area contributed by atoms with Crippen molar-refractivity contribution in [3.05, 3.63) is 23.8 Å². The minimum Gasteiger partial charge on any atom is -0.508 e. The van der Waals surface area contributed by atoms with E-state index in [0.717, 1.165) is 25.7 Å². The van der Waals surface area contributed by atoms with Gasteiger partial charge in [-0.2, -0.15) is 0 Å². The standard InChI is InChI=1S/C15H21NO4/c1-10(13-8-12(17)6-7-14(13)18)16(9-15(19)20)11-4-2-3-5-11/h6-8,10-11,17-18H,2-5,9H2,1H3,(H,19,20). The number of benzene rings is 1. The molecule has 1 aromatic rings. The summed E-state index contributed by atoms with van der Waals surface area (Å²) in [6, 6.07) is 4.34. The van der Waals surface area contributed by atoms with Gasteiger partial charge in [-0.3, -0.25) is 9.69 Å². The molecule has 0 bridgehead atoms. The second kappa shape index (κ2) is 6.13. The zero-order valence-electron chi connectivity index (χ0n) is 11.6. The van der Waals surface area contributed by atoms with E-state index in [1.54, 1.807) is 0 Å². The van der Waals surface area contributed by atoms with Crippen LogP contribution in [0.2, 0.25) is 0 Å². The van der Waals surface area contributed by atoms with E-state index < -0.39 is 5.97 Å². The monoisotopic (exact) mass is 279 g/mol. The molecule has 1 aliphatic carbocycles. The quantitative estimate of drug-likeness (QED) is 0.721. The molecule has 1 atom stereocenters. The maximum Gasteiger partial charge on any atom is 0.317 e. The molecule has 5 heteroatoms. The van der Waals surface area contributed by atoms with E-state index in [1.807, 2.05) is 11.8 Å². The minimum absolute atomic E-state index is 0.0546. The smallest absolute Gasteiger partial charge is 0.317 e. The molecule has 1 aliphatic rings. The van der Waals surface area contributed by atoms with E-state index in [4.69, 9.17) is 5.11 Å². The minimum atomic E-state index is -0.872. The topological polar surface area (TPSA) is 81.0 Å². The van der Waals surface area contributed by atoms with Crippen LogP contribution < -0.4 is 0 Å². The average molecular weight is 279 g/mol. The van der Waals surface area contributed by atoms with Gasteiger partial charge in [0.15, 0.2) is 0 Å². The molecule has 0 saturated heterocycles. The molecule has 20 heavy (non-hydrogen) atoms. The van der Waals surface area contributed by atoms with Crippen LogP contribution in [0, 0.1) is 0 Å². The van der Waals surface area contributed by atoms with Crippen LogP contribution in [-0.4, -0.2) is 38.8 Å². The number of hydrogen-bond acceptors (Lipinski definition) is 4. The first-order valence-electron chi connectivity index (χ1n) is 6.98. The second-order valence-electron chi connectivity index (χ2n) is 5.42. The Bertz CT molecular complexity index is 483. The van der Waals surface area contributed by atoms with Gasteiger partial charge in [0, 0.05) is 17.6 Å². The van der Waals surface area contributed by atoms with Gasteiger partial charge in [0.05, 0.1) is 6.54 Å². The van der Waals surface area contributed by atoms with Crippen LogP contribution in [0.3, 0.4) is 0 Å². The molecule has 0 aliphatic heterocycles. The van der Waals surface area contributed by atoms with Crippen LogP contribution in [0.5, 0.6) is 11.5 Å². The molecule has 0 heterocycles. The maximum atomic E-state index is 11.1. The third kappa shape index (κ3) is 3.22. The molecule has 1 saturated carbocycles. The Hall–Kier alpha value is -1.75. The summed E-state index contributed by atoms with van der Waals surface area (Å²) in [6.07, 6.45) is 4.19. The van der Waals surface area contributed by atoms with Gasteiger partial charge in [0.25, 0.3) is 0 Å². The van der Waals surface area contributed by atoms with Crippen LogP contribution in [0.25, 0.3) is 0 Å². The number of aromatic hydroxyl groups is 2. The van der Waals surface area contributed by atoms with Crippen molar-refractivity contribution in [3.8, 4) is 11.5 Å². The summed E-state index contributed by atoms with van der Waals surface area (Å²) in [5, 5.41) is 28.6. The highest BCUT2D eigenvalue weighted by atomic mass is 16.4. The highest BCUT2D eigenvalue weighted by Crippen LogP contribution is 2.35. The Kier molecular flexibility index (Phi) is 4.49. The highest BCUT2D eigenvalue weighted by Gasteiger charge is 2.30. The highest BCUT2D eigenvalue weighted by molar-refractivity contribution is 5.69. The molecule has 110 valence electrons. The van der Waals surface area contributed by atoms with Crippen molar-refractivity contribution in [2.75, 3.05) is 6.54 Å². The number of carboxylic acid groups (broad SMARTS) is 1. The van der Waals surface area contributed by atoms with E-state index in [1.165, 1.54) is 18.2 Å². The summed E-state index contributed by atoms with van der Waals surface area (Å²) in [5.41, 5.74) is 0.568. The number of carboxylic acids is 1. The van der Waals surface area contributed by atoms with Crippen molar-refractivity contribution in [2.24, 2.45) is 0 Å². The molecule has 2 rings (SSSR count). The fraction of sp³-hybridized carbons (Fsp3) is 0.533. The Morgan fingerprint density at radius 3 is 2.60 bits per heavy atom. The number of carbonyl (C=O) groups is 1. The Balaban J connectivity index is 2.26. The lowest BCUT2D eigenvalue weighted by Crippen LogP contribution is -2.39. The molecule has 0 spiro atoms. The summed E-state index contributed by atoms with van der Waals surface area (Å²) in [6.45, 7) is 1.82. The van der Waals surface area contributed by atoms with Crippen LogP contribution in [-0.2, 0) is 4.79 Å². The van der Waals surface area contributed by atoms with E-state index >= 15 is 0 Å². The van der Waals surface area contributed by atoms with Gasteiger partial charge < -0.3 is 15.3 Å². The number of aliphatic carboxylic acids is 1. The van der Waals surface area contributed by atoms with Crippen LogP contribution in [0.4, 0.5) is 0 Å². The van der Waals surface area contributed by atoms with E-state index in [-0.39, 0.29) is 30.1 Å². The SMILES string of the molecule is CC(c1cc(O)ccc1O)N(CC(=O)O)C1CCCC1. The van der Waals surface area contributed by atoms with Crippen LogP contribution in [0.15, 0.2) is 18.2 Å². The maximum absolute atomic E-state index is 11.1. The predicted octanol–water partition coefficient (Wildman–Crippen LogP) is 2.49. The van der Waals surface area contributed by atoms with E-state index in [0.29, 0.717) is 5.56 Å². The zero-order valence-corrected chi connectivity index (χ0v) is 11.6. The molecular weight excluding hydrogens is 258 g/mol. The first-order chi connectivity index (χ1) is 9.49. The van der Waals surface area contributed by atoms with Crippen molar-refractivity contribution in [1.29, 1.82) is 0 Å². The number of hydrogen-bond donors (Lipinski definition) is 3. The van der Waals surface area contributed by atoms with Gasteiger partial charge in [-0.05, 0) is 38.0 Å². The molecular formula is C15H21NO4. The molecule has 1 fully saturated rings. The van der Waals surface area contributed by atoms with Crippen molar-refractivity contribution in [3.63, 3.8) is 0 Å². The largest absolute Gasteiger partial charge is 0.508 e. The van der Waals surface area contributed by atoms with Gasteiger partial charge in [-0.1, -0.05) is 12.8 Å². The summed E-state index contributed by atoms with van der Waals surface area (Å²) in [7, 11) is 0. The number of phenolic OH excluding ortho intramolecular Hbond substituents is 2. The summed E-state index contributed by atoms with van der Waals surface area (Å²) in [4.78, 5) is 13.0. The van der Waals surface area contributed by atoms with E-state index in [9.17, 15) is 15.0 Å². The number of phenols is 2. The van der Waals surface area contributed by atoms with Crippen LogP contribution in [0.1, 0.15) is 44.2 Å². The third-order valence-corrected chi connectivity index (χ3v) is 4.07. The predicted molar refractivity (Wildman–Crippen MR) is 74.8 cm³/mol. The molecule has 1 unspecified atom stereocenters.